The minimum absolute atomic E-state index is 0.737. The molecule has 0 spiro atoms. The number of aryl methyl sites for hydroxylation is 1. The van der Waals surface area contributed by atoms with Crippen molar-refractivity contribution in [3.63, 3.8) is 0 Å². The summed E-state index contributed by atoms with van der Waals surface area (Å²) >= 11 is 1.82. The predicted octanol–water partition coefficient (Wildman–Crippen LogP) is 1.45. The maximum atomic E-state index is 5.46. The van der Waals surface area contributed by atoms with Crippen molar-refractivity contribution in [1.82, 2.24) is 4.90 Å². The summed E-state index contributed by atoms with van der Waals surface area (Å²) in [6.07, 6.45) is 0. The molecule has 1 rings (SSSR count). The molecule has 0 amide bonds. The van der Waals surface area contributed by atoms with E-state index in [0.29, 0.717) is 0 Å². The topological polar surface area (TPSA) is 29.3 Å². The zero-order valence-corrected chi connectivity index (χ0v) is 8.53. The van der Waals surface area contributed by atoms with Gasteiger partial charge in [-0.15, -0.1) is 11.3 Å². The van der Waals surface area contributed by atoms with Crippen molar-refractivity contribution in [3.05, 3.63) is 21.9 Å². The molecule has 1 heterocycles. The summed E-state index contributed by atoms with van der Waals surface area (Å²) in [6, 6.07) is 2.16. The van der Waals surface area contributed by atoms with Crippen molar-refractivity contribution in [2.45, 2.75) is 13.5 Å². The van der Waals surface area contributed by atoms with Gasteiger partial charge in [-0.3, -0.25) is 0 Å². The van der Waals surface area contributed by atoms with E-state index in [-0.39, 0.29) is 0 Å². The number of hydrogen-bond acceptors (Lipinski definition) is 3. The van der Waals surface area contributed by atoms with Crippen molar-refractivity contribution in [3.8, 4) is 0 Å². The van der Waals surface area contributed by atoms with Gasteiger partial charge in [-0.25, -0.2) is 0 Å². The number of rotatable bonds is 4. The first-order valence-corrected chi connectivity index (χ1v) is 5.03. The molecule has 0 saturated heterocycles. The molecule has 1 aromatic heterocycles. The molecule has 2 nitrogen and oxygen atoms in total. The Kier molecular flexibility index (Phi) is 3.72. The molecule has 0 saturated carbocycles. The molecule has 0 bridgehead atoms. The number of thiophene rings is 1. The fourth-order valence-corrected chi connectivity index (χ4v) is 2.10. The van der Waals surface area contributed by atoms with E-state index >= 15 is 0 Å². The van der Waals surface area contributed by atoms with E-state index in [4.69, 9.17) is 5.73 Å². The summed E-state index contributed by atoms with van der Waals surface area (Å²) < 4.78 is 0. The van der Waals surface area contributed by atoms with E-state index in [9.17, 15) is 0 Å². The summed E-state index contributed by atoms with van der Waals surface area (Å²) in [7, 11) is 2.10. The van der Waals surface area contributed by atoms with Crippen LogP contribution in [0.3, 0.4) is 0 Å². The van der Waals surface area contributed by atoms with Crippen LogP contribution in [0.25, 0.3) is 0 Å². The Morgan fingerprint density at radius 1 is 1.58 bits per heavy atom. The Bertz CT molecular complexity index is 232. The second-order valence-electron chi connectivity index (χ2n) is 3.05. The molecule has 12 heavy (non-hydrogen) atoms. The molecule has 1 aromatic rings. The number of hydrogen-bond donors (Lipinski definition) is 1. The molecular formula is C9H16N2S. The van der Waals surface area contributed by atoms with E-state index in [1.54, 1.807) is 0 Å². The number of nitrogens with two attached hydrogens (primary N) is 1. The normalized spacial score (nSPS) is 11.0. The van der Waals surface area contributed by atoms with Crippen molar-refractivity contribution in [2.24, 2.45) is 5.73 Å². The van der Waals surface area contributed by atoms with Crippen LogP contribution in [0, 0.1) is 6.92 Å². The molecule has 3 heteroatoms. The molecule has 0 aliphatic rings. The lowest BCUT2D eigenvalue weighted by Crippen LogP contribution is -2.24. The van der Waals surface area contributed by atoms with E-state index in [1.165, 1.54) is 10.4 Å². The van der Waals surface area contributed by atoms with Gasteiger partial charge >= 0.3 is 0 Å². The van der Waals surface area contributed by atoms with Gasteiger partial charge in [0.15, 0.2) is 0 Å². The van der Waals surface area contributed by atoms with Crippen LogP contribution >= 0.6 is 11.3 Å². The van der Waals surface area contributed by atoms with Crippen LogP contribution in [0.15, 0.2) is 11.4 Å². The molecular weight excluding hydrogens is 168 g/mol. The third-order valence-corrected chi connectivity index (χ3v) is 2.90. The summed E-state index contributed by atoms with van der Waals surface area (Å²) in [5.74, 6) is 0. The van der Waals surface area contributed by atoms with E-state index in [0.717, 1.165) is 19.6 Å². The van der Waals surface area contributed by atoms with Crippen molar-refractivity contribution in [2.75, 3.05) is 20.1 Å². The van der Waals surface area contributed by atoms with Crippen LogP contribution in [0.5, 0.6) is 0 Å². The van der Waals surface area contributed by atoms with Crippen LogP contribution < -0.4 is 5.73 Å². The first-order chi connectivity index (χ1) is 5.74. The molecule has 0 aromatic carbocycles. The maximum Gasteiger partial charge on any atom is 0.0328 e. The Labute approximate surface area is 78.0 Å². The van der Waals surface area contributed by atoms with Gasteiger partial charge in [0.2, 0.25) is 0 Å². The monoisotopic (exact) mass is 184 g/mol. The second-order valence-corrected chi connectivity index (χ2v) is 4.05. The minimum atomic E-state index is 0.737. The summed E-state index contributed by atoms with van der Waals surface area (Å²) in [6.45, 7) is 4.89. The highest BCUT2D eigenvalue weighted by atomic mass is 32.1. The van der Waals surface area contributed by atoms with Gasteiger partial charge in [-0.2, -0.15) is 0 Å². The van der Waals surface area contributed by atoms with Gasteiger partial charge in [0, 0.05) is 24.5 Å². The van der Waals surface area contributed by atoms with Gasteiger partial charge in [0.05, 0.1) is 0 Å². The van der Waals surface area contributed by atoms with Gasteiger partial charge in [0.1, 0.15) is 0 Å². The van der Waals surface area contributed by atoms with Gasteiger partial charge < -0.3 is 10.6 Å². The average Bonchev–Trinajstić information content (AvgIpc) is 2.37. The van der Waals surface area contributed by atoms with E-state index < -0.39 is 0 Å². The smallest absolute Gasteiger partial charge is 0.0328 e. The van der Waals surface area contributed by atoms with Gasteiger partial charge in [-0.05, 0) is 31.0 Å². The first kappa shape index (κ1) is 9.71. The highest BCUT2D eigenvalue weighted by molar-refractivity contribution is 7.10. The van der Waals surface area contributed by atoms with Crippen LogP contribution in [0.1, 0.15) is 10.4 Å². The van der Waals surface area contributed by atoms with Gasteiger partial charge in [0.25, 0.3) is 0 Å². The largest absolute Gasteiger partial charge is 0.329 e. The fourth-order valence-electron chi connectivity index (χ4n) is 1.11. The van der Waals surface area contributed by atoms with Crippen molar-refractivity contribution >= 4 is 11.3 Å². The Hall–Kier alpha value is -0.380. The van der Waals surface area contributed by atoms with Crippen molar-refractivity contribution < 1.29 is 0 Å². The van der Waals surface area contributed by atoms with Crippen LogP contribution in [0.2, 0.25) is 0 Å². The highest BCUT2D eigenvalue weighted by Gasteiger charge is 2.02. The molecule has 68 valence electrons. The summed E-state index contributed by atoms with van der Waals surface area (Å²) in [4.78, 5) is 3.70. The van der Waals surface area contributed by atoms with E-state index in [1.807, 2.05) is 11.3 Å². The lowest BCUT2D eigenvalue weighted by molar-refractivity contribution is 0.339. The van der Waals surface area contributed by atoms with Gasteiger partial charge in [-0.1, -0.05) is 0 Å². The Balaban J connectivity index is 2.46. The molecule has 0 aliphatic carbocycles. The third-order valence-electron chi connectivity index (χ3n) is 1.89. The fraction of sp³-hybridized carbons (Fsp3) is 0.556. The van der Waals surface area contributed by atoms with Crippen LogP contribution in [0.4, 0.5) is 0 Å². The Morgan fingerprint density at radius 2 is 2.33 bits per heavy atom. The molecule has 0 radical (unpaired) electrons. The molecule has 0 atom stereocenters. The lowest BCUT2D eigenvalue weighted by atomic mass is 10.3. The Morgan fingerprint density at radius 3 is 2.83 bits per heavy atom. The number of nitrogens with zero attached hydrogens (tertiary/aromatic N) is 1. The second kappa shape index (κ2) is 4.60. The SMILES string of the molecule is Cc1ccsc1CN(C)CCN. The zero-order valence-electron chi connectivity index (χ0n) is 7.71. The summed E-state index contributed by atoms with van der Waals surface area (Å²) in [5, 5.41) is 2.14. The minimum Gasteiger partial charge on any atom is -0.329 e. The molecule has 0 fully saturated rings. The first-order valence-electron chi connectivity index (χ1n) is 4.15. The van der Waals surface area contributed by atoms with Crippen LogP contribution in [-0.4, -0.2) is 25.0 Å². The lowest BCUT2D eigenvalue weighted by Gasteiger charge is -2.14. The molecule has 0 unspecified atom stereocenters. The molecule has 0 aliphatic heterocycles. The predicted molar refractivity (Wildman–Crippen MR) is 54.4 cm³/mol. The third kappa shape index (κ3) is 2.59. The summed E-state index contributed by atoms with van der Waals surface area (Å²) in [5.41, 5.74) is 6.85. The standard InChI is InChI=1S/C9H16N2S/c1-8-3-6-12-9(8)7-11(2)5-4-10/h3,6H,4-5,7,10H2,1-2H3. The highest BCUT2D eigenvalue weighted by Crippen LogP contribution is 2.16. The zero-order chi connectivity index (χ0) is 8.97. The van der Waals surface area contributed by atoms with E-state index in [2.05, 4.69) is 30.3 Å². The van der Waals surface area contributed by atoms with Crippen molar-refractivity contribution in [1.29, 1.82) is 0 Å². The molecule has 2 N–H and O–H groups in total. The number of likely N-dealkylation sites (N-methyl/N-ethyl adjacent to an activating group) is 1. The maximum absolute atomic E-state index is 5.46. The average molecular weight is 184 g/mol. The van der Waals surface area contributed by atoms with Crippen LogP contribution in [-0.2, 0) is 6.54 Å². The quantitative estimate of drug-likeness (QED) is 0.767.